The Balaban J connectivity index is 1.83. The average Bonchev–Trinajstić information content (AvgIpc) is 2.88. The van der Waals surface area contributed by atoms with E-state index in [1.54, 1.807) is 4.90 Å². The van der Waals surface area contributed by atoms with Crippen molar-refractivity contribution in [3.05, 3.63) is 29.3 Å². The molecule has 2 aliphatic rings. The summed E-state index contributed by atoms with van der Waals surface area (Å²) in [5.74, 6) is 0.181. The molecule has 108 valence electrons. The van der Waals surface area contributed by atoms with Gasteiger partial charge in [-0.15, -0.1) is 11.6 Å². The first kappa shape index (κ1) is 13.9. The fraction of sp³-hybridized carbons (Fsp3) is 0.562. The largest absolute Gasteiger partial charge is 0.373 e. The first-order valence-electron chi connectivity index (χ1n) is 7.25. The van der Waals surface area contributed by atoms with Crippen molar-refractivity contribution < 1.29 is 9.53 Å². The molecule has 4 heteroatoms. The maximum Gasteiger partial charge on any atom is 0.227 e. The van der Waals surface area contributed by atoms with Crippen molar-refractivity contribution in [2.24, 2.45) is 0 Å². The zero-order chi connectivity index (χ0) is 14.3. The summed E-state index contributed by atoms with van der Waals surface area (Å²) in [4.78, 5) is 13.4. The van der Waals surface area contributed by atoms with Gasteiger partial charge in [0.05, 0.1) is 17.6 Å². The van der Waals surface area contributed by atoms with E-state index in [0.717, 1.165) is 30.5 Å². The van der Waals surface area contributed by atoms with E-state index in [0.29, 0.717) is 12.5 Å². The smallest absolute Gasteiger partial charge is 0.227 e. The van der Waals surface area contributed by atoms with Crippen LogP contribution in [0, 0.1) is 0 Å². The SMILES string of the molecule is CC1CCC(C(Cl)c2ccc3c(c2)CCC(=O)N3C)O1. The number of anilines is 1. The molecule has 1 saturated heterocycles. The summed E-state index contributed by atoms with van der Waals surface area (Å²) < 4.78 is 5.86. The van der Waals surface area contributed by atoms with Crippen LogP contribution in [0.25, 0.3) is 0 Å². The minimum absolute atomic E-state index is 0.104. The van der Waals surface area contributed by atoms with Crippen LogP contribution < -0.4 is 4.90 Å². The summed E-state index contributed by atoms with van der Waals surface area (Å²) in [6.45, 7) is 2.09. The molecule has 2 aliphatic heterocycles. The van der Waals surface area contributed by atoms with Gasteiger partial charge in [0.15, 0.2) is 0 Å². The van der Waals surface area contributed by atoms with Gasteiger partial charge < -0.3 is 9.64 Å². The Labute approximate surface area is 124 Å². The Bertz CT molecular complexity index is 531. The molecule has 0 N–H and O–H groups in total. The number of hydrogen-bond donors (Lipinski definition) is 0. The van der Waals surface area contributed by atoms with Crippen LogP contribution in [-0.2, 0) is 16.0 Å². The minimum atomic E-state index is -0.104. The highest BCUT2D eigenvalue weighted by Crippen LogP contribution is 2.37. The Morgan fingerprint density at radius 1 is 1.35 bits per heavy atom. The molecule has 0 radical (unpaired) electrons. The molecule has 20 heavy (non-hydrogen) atoms. The molecular weight excluding hydrogens is 274 g/mol. The maximum absolute atomic E-state index is 11.7. The third kappa shape index (κ3) is 2.45. The predicted molar refractivity (Wildman–Crippen MR) is 80.3 cm³/mol. The number of carbonyl (C=O) groups is 1. The van der Waals surface area contributed by atoms with E-state index in [9.17, 15) is 4.79 Å². The molecule has 0 spiro atoms. The summed E-state index contributed by atoms with van der Waals surface area (Å²) >= 11 is 6.58. The minimum Gasteiger partial charge on any atom is -0.373 e. The van der Waals surface area contributed by atoms with Crippen molar-refractivity contribution in [2.75, 3.05) is 11.9 Å². The van der Waals surface area contributed by atoms with E-state index in [1.165, 1.54) is 5.56 Å². The number of benzene rings is 1. The van der Waals surface area contributed by atoms with Crippen molar-refractivity contribution in [2.45, 2.75) is 50.2 Å². The van der Waals surface area contributed by atoms with Crippen LogP contribution in [0.1, 0.15) is 42.7 Å². The summed E-state index contributed by atoms with van der Waals surface area (Å²) in [7, 11) is 1.83. The Kier molecular flexibility index (Phi) is 3.74. The highest BCUT2D eigenvalue weighted by molar-refractivity contribution is 6.21. The van der Waals surface area contributed by atoms with E-state index in [-0.39, 0.29) is 17.4 Å². The highest BCUT2D eigenvalue weighted by Gasteiger charge is 2.30. The van der Waals surface area contributed by atoms with Crippen molar-refractivity contribution >= 4 is 23.2 Å². The van der Waals surface area contributed by atoms with Crippen molar-refractivity contribution in [1.82, 2.24) is 0 Å². The summed E-state index contributed by atoms with van der Waals surface area (Å²) in [6.07, 6.45) is 3.89. The second kappa shape index (κ2) is 5.38. The van der Waals surface area contributed by atoms with Gasteiger partial charge >= 0.3 is 0 Å². The van der Waals surface area contributed by atoms with Crippen LogP contribution in [0.5, 0.6) is 0 Å². The predicted octanol–water partition coefficient (Wildman–Crippen LogP) is 3.44. The van der Waals surface area contributed by atoms with Crippen molar-refractivity contribution in [1.29, 1.82) is 0 Å². The standard InChI is InChI=1S/C16H20ClNO2/c1-10-3-7-14(20-10)16(17)12-4-6-13-11(9-12)5-8-15(19)18(13)2/h4,6,9-10,14,16H,3,5,7-8H2,1-2H3. The van der Waals surface area contributed by atoms with Gasteiger partial charge in [0, 0.05) is 19.2 Å². The lowest BCUT2D eigenvalue weighted by Crippen LogP contribution is -2.31. The molecule has 3 nitrogen and oxygen atoms in total. The van der Waals surface area contributed by atoms with Gasteiger partial charge in [0.1, 0.15) is 0 Å². The van der Waals surface area contributed by atoms with Gasteiger partial charge in [-0.05, 0) is 43.4 Å². The molecule has 1 aromatic carbocycles. The van der Waals surface area contributed by atoms with Crippen LogP contribution in [0.15, 0.2) is 18.2 Å². The lowest BCUT2D eigenvalue weighted by atomic mass is 9.96. The van der Waals surface area contributed by atoms with E-state index >= 15 is 0 Å². The molecule has 0 aromatic heterocycles. The third-order valence-corrected chi connectivity index (χ3v) is 4.89. The van der Waals surface area contributed by atoms with Gasteiger partial charge in [-0.1, -0.05) is 12.1 Å². The van der Waals surface area contributed by atoms with E-state index in [4.69, 9.17) is 16.3 Å². The van der Waals surface area contributed by atoms with Gasteiger partial charge in [-0.2, -0.15) is 0 Å². The number of halogens is 1. The zero-order valence-electron chi connectivity index (χ0n) is 11.9. The number of aryl methyl sites for hydroxylation is 1. The topological polar surface area (TPSA) is 29.5 Å². The number of nitrogens with zero attached hydrogens (tertiary/aromatic N) is 1. The number of hydrogen-bond acceptors (Lipinski definition) is 2. The quantitative estimate of drug-likeness (QED) is 0.782. The van der Waals surface area contributed by atoms with E-state index < -0.39 is 0 Å². The normalized spacial score (nSPS) is 27.6. The lowest BCUT2D eigenvalue weighted by molar-refractivity contribution is -0.118. The van der Waals surface area contributed by atoms with Gasteiger partial charge in [0.2, 0.25) is 5.91 Å². The first-order chi connectivity index (χ1) is 9.56. The molecule has 0 bridgehead atoms. The second-order valence-electron chi connectivity index (χ2n) is 5.81. The molecule has 2 heterocycles. The molecule has 0 saturated carbocycles. The Hall–Kier alpha value is -1.06. The zero-order valence-corrected chi connectivity index (χ0v) is 12.7. The van der Waals surface area contributed by atoms with Crippen LogP contribution >= 0.6 is 11.6 Å². The molecule has 3 atom stereocenters. The Morgan fingerprint density at radius 2 is 2.15 bits per heavy atom. The molecule has 1 fully saturated rings. The van der Waals surface area contributed by atoms with Crippen LogP contribution in [-0.4, -0.2) is 25.2 Å². The van der Waals surface area contributed by atoms with Crippen LogP contribution in [0.3, 0.4) is 0 Å². The first-order valence-corrected chi connectivity index (χ1v) is 7.69. The van der Waals surface area contributed by atoms with E-state index in [2.05, 4.69) is 13.0 Å². The molecular formula is C16H20ClNO2. The molecule has 3 rings (SSSR count). The van der Waals surface area contributed by atoms with Crippen LogP contribution in [0.4, 0.5) is 5.69 Å². The van der Waals surface area contributed by atoms with Crippen molar-refractivity contribution in [3.63, 3.8) is 0 Å². The number of ether oxygens (including phenoxy) is 1. The lowest BCUT2D eigenvalue weighted by Gasteiger charge is -2.27. The van der Waals surface area contributed by atoms with Crippen molar-refractivity contribution in [3.8, 4) is 0 Å². The summed E-state index contributed by atoms with van der Waals surface area (Å²) in [5.41, 5.74) is 3.32. The molecule has 1 amide bonds. The third-order valence-electron chi connectivity index (χ3n) is 4.36. The molecule has 3 unspecified atom stereocenters. The number of carbonyl (C=O) groups excluding carboxylic acids is 1. The van der Waals surface area contributed by atoms with Gasteiger partial charge in [-0.25, -0.2) is 0 Å². The second-order valence-corrected chi connectivity index (χ2v) is 6.28. The van der Waals surface area contributed by atoms with E-state index in [1.807, 2.05) is 19.2 Å². The fourth-order valence-electron chi connectivity index (χ4n) is 3.11. The van der Waals surface area contributed by atoms with Gasteiger partial charge in [-0.3, -0.25) is 4.79 Å². The number of rotatable bonds is 2. The monoisotopic (exact) mass is 293 g/mol. The maximum atomic E-state index is 11.7. The number of fused-ring (bicyclic) bond motifs is 1. The Morgan fingerprint density at radius 3 is 2.85 bits per heavy atom. The summed E-state index contributed by atoms with van der Waals surface area (Å²) in [5, 5.41) is -0.104. The van der Waals surface area contributed by atoms with Crippen LogP contribution in [0.2, 0.25) is 0 Å². The molecule has 0 aliphatic carbocycles. The summed E-state index contributed by atoms with van der Waals surface area (Å²) in [6, 6.07) is 6.18. The number of amides is 1. The highest BCUT2D eigenvalue weighted by atomic mass is 35.5. The molecule has 1 aromatic rings. The van der Waals surface area contributed by atoms with Gasteiger partial charge in [0.25, 0.3) is 0 Å². The average molecular weight is 294 g/mol. The number of alkyl halides is 1. The fourth-order valence-corrected chi connectivity index (χ4v) is 3.43.